The van der Waals surface area contributed by atoms with Crippen molar-refractivity contribution in [1.29, 1.82) is 0 Å². The Labute approximate surface area is 112 Å². The molecule has 1 saturated carbocycles. The van der Waals surface area contributed by atoms with Crippen LogP contribution in [0.1, 0.15) is 19.3 Å². The Morgan fingerprint density at radius 2 is 1.94 bits per heavy atom. The molecule has 18 heavy (non-hydrogen) atoms. The zero-order valence-electron chi connectivity index (χ0n) is 10.1. The third-order valence-corrected chi connectivity index (χ3v) is 3.46. The van der Waals surface area contributed by atoms with E-state index in [0.717, 1.165) is 17.2 Å². The molecule has 1 aliphatic carbocycles. The summed E-state index contributed by atoms with van der Waals surface area (Å²) in [5.41, 5.74) is 0.927. The molecule has 1 fully saturated rings. The van der Waals surface area contributed by atoms with E-state index in [1.165, 1.54) is 19.3 Å². The Morgan fingerprint density at radius 3 is 2.67 bits per heavy atom. The highest BCUT2D eigenvalue weighted by Crippen LogP contribution is 2.32. The maximum Gasteiger partial charge on any atom is 0.170 e. The van der Waals surface area contributed by atoms with Crippen molar-refractivity contribution in [2.45, 2.75) is 25.3 Å². The predicted octanol–water partition coefficient (Wildman–Crippen LogP) is 2.30. The highest BCUT2D eigenvalue weighted by atomic mass is 32.1. The first-order chi connectivity index (χ1) is 8.81. The number of hydrogen-bond acceptors (Lipinski definition) is 3. The SMILES string of the molecule is S=C(Nc1ccc2c(c1)OCCO2)NC1CCC1. The third kappa shape index (κ3) is 2.51. The Bertz CT molecular complexity index is 460. The van der Waals surface area contributed by atoms with E-state index in [4.69, 9.17) is 21.7 Å². The number of thiocarbonyl (C=S) groups is 1. The van der Waals surface area contributed by atoms with Crippen LogP contribution in [-0.2, 0) is 0 Å². The number of fused-ring (bicyclic) bond motifs is 1. The van der Waals surface area contributed by atoms with E-state index in [0.29, 0.717) is 24.4 Å². The van der Waals surface area contributed by atoms with Crippen molar-refractivity contribution < 1.29 is 9.47 Å². The Hall–Kier alpha value is -1.49. The molecule has 1 aromatic carbocycles. The maximum absolute atomic E-state index is 5.53. The van der Waals surface area contributed by atoms with Crippen LogP contribution in [0.4, 0.5) is 5.69 Å². The van der Waals surface area contributed by atoms with Crippen molar-refractivity contribution in [3.8, 4) is 11.5 Å². The van der Waals surface area contributed by atoms with E-state index < -0.39 is 0 Å². The lowest BCUT2D eigenvalue weighted by Gasteiger charge is -2.28. The van der Waals surface area contributed by atoms with Gasteiger partial charge in [0, 0.05) is 17.8 Å². The van der Waals surface area contributed by atoms with Crippen molar-refractivity contribution in [2.75, 3.05) is 18.5 Å². The summed E-state index contributed by atoms with van der Waals surface area (Å²) in [6, 6.07) is 6.32. The fourth-order valence-electron chi connectivity index (χ4n) is 2.03. The minimum atomic E-state index is 0.544. The molecule has 0 radical (unpaired) electrons. The predicted molar refractivity (Wildman–Crippen MR) is 74.4 cm³/mol. The van der Waals surface area contributed by atoms with E-state index in [2.05, 4.69) is 10.6 Å². The average molecular weight is 264 g/mol. The van der Waals surface area contributed by atoms with Crippen LogP contribution < -0.4 is 20.1 Å². The molecule has 5 heteroatoms. The zero-order valence-corrected chi connectivity index (χ0v) is 10.9. The maximum atomic E-state index is 5.53. The van der Waals surface area contributed by atoms with Crippen LogP contribution in [0.5, 0.6) is 11.5 Å². The first-order valence-electron chi connectivity index (χ1n) is 6.28. The fourth-order valence-corrected chi connectivity index (χ4v) is 2.31. The summed E-state index contributed by atoms with van der Waals surface area (Å²) in [4.78, 5) is 0. The first-order valence-corrected chi connectivity index (χ1v) is 6.69. The van der Waals surface area contributed by atoms with Crippen LogP contribution in [0.2, 0.25) is 0 Å². The summed E-state index contributed by atoms with van der Waals surface area (Å²) in [7, 11) is 0. The van der Waals surface area contributed by atoms with E-state index >= 15 is 0 Å². The fraction of sp³-hybridized carbons (Fsp3) is 0.462. The molecular weight excluding hydrogens is 248 g/mol. The van der Waals surface area contributed by atoms with Crippen LogP contribution in [-0.4, -0.2) is 24.4 Å². The number of anilines is 1. The Morgan fingerprint density at radius 1 is 1.17 bits per heavy atom. The van der Waals surface area contributed by atoms with Crippen molar-refractivity contribution in [2.24, 2.45) is 0 Å². The molecule has 0 aromatic heterocycles. The lowest BCUT2D eigenvalue weighted by Crippen LogP contribution is -2.41. The van der Waals surface area contributed by atoms with Gasteiger partial charge in [-0.15, -0.1) is 0 Å². The summed E-state index contributed by atoms with van der Waals surface area (Å²) in [5, 5.41) is 7.15. The van der Waals surface area contributed by atoms with Crippen molar-refractivity contribution >= 4 is 23.0 Å². The highest BCUT2D eigenvalue weighted by molar-refractivity contribution is 7.80. The minimum absolute atomic E-state index is 0.544. The van der Waals surface area contributed by atoms with Gasteiger partial charge in [0.05, 0.1) is 0 Å². The van der Waals surface area contributed by atoms with Gasteiger partial charge in [-0.3, -0.25) is 0 Å². The number of rotatable bonds is 2. The zero-order chi connectivity index (χ0) is 12.4. The lowest BCUT2D eigenvalue weighted by molar-refractivity contribution is 0.171. The molecule has 0 atom stereocenters. The van der Waals surface area contributed by atoms with Gasteiger partial charge in [-0.05, 0) is 43.6 Å². The van der Waals surface area contributed by atoms with Crippen LogP contribution >= 0.6 is 12.2 Å². The first kappa shape index (κ1) is 11.6. The van der Waals surface area contributed by atoms with Crippen LogP contribution in [0.25, 0.3) is 0 Å². The van der Waals surface area contributed by atoms with E-state index in [1.807, 2.05) is 18.2 Å². The van der Waals surface area contributed by atoms with Crippen molar-refractivity contribution in [3.63, 3.8) is 0 Å². The standard InChI is InChI=1S/C13H16N2O2S/c18-13(14-9-2-1-3-9)15-10-4-5-11-12(8-10)17-7-6-16-11/h4-5,8-9H,1-3,6-7H2,(H2,14,15,18). The van der Waals surface area contributed by atoms with Crippen molar-refractivity contribution in [1.82, 2.24) is 5.32 Å². The van der Waals surface area contributed by atoms with E-state index in [1.54, 1.807) is 0 Å². The molecule has 2 aliphatic rings. The number of hydrogen-bond donors (Lipinski definition) is 2. The monoisotopic (exact) mass is 264 g/mol. The molecule has 0 bridgehead atoms. The van der Waals surface area contributed by atoms with Crippen LogP contribution in [0.15, 0.2) is 18.2 Å². The van der Waals surface area contributed by atoms with Gasteiger partial charge in [-0.1, -0.05) is 0 Å². The molecule has 2 N–H and O–H groups in total. The average Bonchev–Trinajstić information content (AvgIpc) is 2.34. The molecule has 0 saturated heterocycles. The molecule has 3 rings (SSSR count). The van der Waals surface area contributed by atoms with Gasteiger partial charge in [0.15, 0.2) is 16.6 Å². The second-order valence-corrected chi connectivity index (χ2v) is 4.99. The van der Waals surface area contributed by atoms with Gasteiger partial charge in [0.2, 0.25) is 0 Å². The third-order valence-electron chi connectivity index (χ3n) is 3.24. The summed E-state index contributed by atoms with van der Waals surface area (Å²) in [5.74, 6) is 1.57. The van der Waals surface area contributed by atoms with Crippen LogP contribution in [0.3, 0.4) is 0 Å². The highest BCUT2D eigenvalue weighted by Gasteiger charge is 2.18. The molecule has 0 amide bonds. The van der Waals surface area contributed by atoms with E-state index in [-0.39, 0.29) is 0 Å². The lowest BCUT2D eigenvalue weighted by atomic mass is 9.93. The largest absolute Gasteiger partial charge is 0.486 e. The van der Waals surface area contributed by atoms with Gasteiger partial charge < -0.3 is 20.1 Å². The van der Waals surface area contributed by atoms with Gasteiger partial charge in [-0.2, -0.15) is 0 Å². The number of benzene rings is 1. The molecule has 96 valence electrons. The summed E-state index contributed by atoms with van der Waals surface area (Å²) in [6.45, 7) is 1.21. The van der Waals surface area contributed by atoms with Gasteiger partial charge >= 0.3 is 0 Å². The smallest absolute Gasteiger partial charge is 0.170 e. The normalized spacial score (nSPS) is 17.8. The summed E-state index contributed by atoms with van der Waals surface area (Å²) in [6.07, 6.45) is 3.72. The number of ether oxygens (including phenoxy) is 2. The number of nitrogens with one attached hydrogen (secondary N) is 2. The molecule has 0 spiro atoms. The summed E-state index contributed by atoms with van der Waals surface area (Å²) >= 11 is 5.27. The molecule has 0 unspecified atom stereocenters. The minimum Gasteiger partial charge on any atom is -0.486 e. The molecule has 1 heterocycles. The Balaban J connectivity index is 1.63. The molecule has 4 nitrogen and oxygen atoms in total. The quantitative estimate of drug-likeness (QED) is 0.802. The Kier molecular flexibility index (Phi) is 3.23. The van der Waals surface area contributed by atoms with Crippen molar-refractivity contribution in [3.05, 3.63) is 18.2 Å². The van der Waals surface area contributed by atoms with Gasteiger partial charge in [0.1, 0.15) is 13.2 Å². The molecular formula is C13H16N2O2S. The second-order valence-electron chi connectivity index (χ2n) is 4.58. The molecule has 1 aliphatic heterocycles. The molecule has 1 aromatic rings. The van der Waals surface area contributed by atoms with Crippen LogP contribution in [0, 0.1) is 0 Å². The van der Waals surface area contributed by atoms with Gasteiger partial charge in [-0.25, -0.2) is 0 Å². The summed E-state index contributed by atoms with van der Waals surface area (Å²) < 4.78 is 11.0. The van der Waals surface area contributed by atoms with E-state index in [9.17, 15) is 0 Å². The second kappa shape index (κ2) is 5.02. The van der Waals surface area contributed by atoms with Gasteiger partial charge in [0.25, 0.3) is 0 Å². The topological polar surface area (TPSA) is 42.5 Å².